The van der Waals surface area contributed by atoms with Gasteiger partial charge in [-0.1, -0.05) is 11.6 Å². The highest BCUT2D eigenvalue weighted by atomic mass is 35.5. The number of nitrogens with zero attached hydrogens (tertiary/aromatic N) is 4. The largest absolute Gasteiger partial charge is 0.382 e. The van der Waals surface area contributed by atoms with E-state index in [4.69, 9.17) is 27.9 Å². The summed E-state index contributed by atoms with van der Waals surface area (Å²) in [7, 11) is 0. The van der Waals surface area contributed by atoms with E-state index in [-0.39, 0.29) is 16.8 Å². The van der Waals surface area contributed by atoms with Gasteiger partial charge < -0.3 is 16.4 Å². The minimum absolute atomic E-state index is 0.124. The van der Waals surface area contributed by atoms with E-state index in [1.165, 1.54) is 0 Å². The summed E-state index contributed by atoms with van der Waals surface area (Å²) in [6, 6.07) is 14.6. The third-order valence-electron chi connectivity index (χ3n) is 4.05. The van der Waals surface area contributed by atoms with Crippen molar-refractivity contribution in [3.05, 3.63) is 63.7 Å². The molecule has 1 aromatic heterocycles. The number of aryl methyl sites for hydroxylation is 2. The number of nitrogen functional groups attached to an aromatic ring is 1. The summed E-state index contributed by atoms with van der Waals surface area (Å²) in [4.78, 5) is 8.58. The van der Waals surface area contributed by atoms with Crippen molar-refractivity contribution >= 4 is 40.6 Å². The first-order valence-corrected chi connectivity index (χ1v) is 8.67. The number of hydrogen-bond acceptors (Lipinski definition) is 7. The number of aromatic nitrogens is 2. The quantitative estimate of drug-likeness (QED) is 0.597. The zero-order valence-corrected chi connectivity index (χ0v) is 16.0. The van der Waals surface area contributed by atoms with E-state index < -0.39 is 0 Å². The number of nitrogens with one attached hydrogen (secondary N) is 2. The molecule has 0 amide bonds. The fraction of sp³-hybridized carbons (Fsp3) is 0.100. The molecule has 3 rings (SSSR count). The molecule has 0 saturated heterocycles. The van der Waals surface area contributed by atoms with E-state index in [0.717, 1.165) is 16.8 Å². The van der Waals surface area contributed by atoms with Crippen molar-refractivity contribution in [3.63, 3.8) is 0 Å². The van der Waals surface area contributed by atoms with Crippen LogP contribution in [0.5, 0.6) is 0 Å². The second-order valence-corrected chi connectivity index (χ2v) is 6.51. The third-order valence-corrected chi connectivity index (χ3v) is 4.42. The van der Waals surface area contributed by atoms with Crippen molar-refractivity contribution in [3.8, 4) is 12.1 Å². The van der Waals surface area contributed by atoms with Gasteiger partial charge in [0.1, 0.15) is 10.8 Å². The van der Waals surface area contributed by atoms with E-state index in [0.29, 0.717) is 22.6 Å². The highest BCUT2D eigenvalue weighted by Gasteiger charge is 2.14. The van der Waals surface area contributed by atoms with Gasteiger partial charge in [-0.15, -0.1) is 0 Å². The Morgan fingerprint density at radius 3 is 2.11 bits per heavy atom. The molecule has 138 valence electrons. The molecule has 0 aliphatic rings. The van der Waals surface area contributed by atoms with Gasteiger partial charge in [0.05, 0.1) is 23.3 Å². The molecule has 1 heterocycles. The summed E-state index contributed by atoms with van der Waals surface area (Å²) >= 11 is 6.29. The standard InChI is InChI=1S/C20H16ClN7/c1-11-7-14(10-23)8-12(2)17(11)26-19-16(21)18(24)27-20(28-19)25-15-5-3-13(9-22)4-6-15/h3-8H,1-2H3,(H4,24,25,26,27,28). The van der Waals surface area contributed by atoms with Gasteiger partial charge >= 0.3 is 0 Å². The van der Waals surface area contributed by atoms with Gasteiger partial charge in [0.15, 0.2) is 5.82 Å². The normalized spacial score (nSPS) is 10.0. The highest BCUT2D eigenvalue weighted by molar-refractivity contribution is 6.35. The van der Waals surface area contributed by atoms with Crippen molar-refractivity contribution in [2.75, 3.05) is 16.4 Å². The molecule has 4 N–H and O–H groups in total. The predicted molar refractivity (Wildman–Crippen MR) is 110 cm³/mol. The Labute approximate surface area is 167 Å². The van der Waals surface area contributed by atoms with Gasteiger partial charge in [-0.05, 0) is 61.4 Å². The van der Waals surface area contributed by atoms with Gasteiger partial charge in [-0.3, -0.25) is 0 Å². The minimum atomic E-state index is 0.124. The fourth-order valence-corrected chi connectivity index (χ4v) is 2.84. The van der Waals surface area contributed by atoms with Crippen molar-refractivity contribution in [1.82, 2.24) is 9.97 Å². The van der Waals surface area contributed by atoms with E-state index in [1.807, 2.05) is 13.8 Å². The molecular weight excluding hydrogens is 374 g/mol. The van der Waals surface area contributed by atoms with E-state index in [9.17, 15) is 0 Å². The average Bonchev–Trinajstić information content (AvgIpc) is 2.68. The Morgan fingerprint density at radius 2 is 1.54 bits per heavy atom. The Kier molecular flexibility index (Phi) is 5.30. The first kappa shape index (κ1) is 19.0. The molecule has 8 heteroatoms. The summed E-state index contributed by atoms with van der Waals surface area (Å²) in [5.74, 6) is 0.735. The second-order valence-electron chi connectivity index (χ2n) is 6.13. The van der Waals surface area contributed by atoms with Crippen LogP contribution in [0.15, 0.2) is 36.4 Å². The molecular formula is C20H16ClN7. The van der Waals surface area contributed by atoms with Gasteiger partial charge in [0.2, 0.25) is 5.95 Å². The zero-order valence-electron chi connectivity index (χ0n) is 15.2. The molecule has 0 atom stereocenters. The molecule has 0 aliphatic heterocycles. The van der Waals surface area contributed by atoms with Gasteiger partial charge in [-0.25, -0.2) is 0 Å². The van der Waals surface area contributed by atoms with E-state index in [1.54, 1.807) is 36.4 Å². The maximum atomic E-state index is 9.10. The van der Waals surface area contributed by atoms with Crippen LogP contribution in [-0.4, -0.2) is 9.97 Å². The van der Waals surface area contributed by atoms with Crippen molar-refractivity contribution < 1.29 is 0 Å². The van der Waals surface area contributed by atoms with E-state index >= 15 is 0 Å². The summed E-state index contributed by atoms with van der Waals surface area (Å²) in [5.41, 5.74) is 10.3. The number of halogens is 1. The molecule has 3 aromatic rings. The molecule has 28 heavy (non-hydrogen) atoms. The number of anilines is 5. The van der Waals surface area contributed by atoms with Crippen LogP contribution in [0.25, 0.3) is 0 Å². The lowest BCUT2D eigenvalue weighted by atomic mass is 10.0. The lowest BCUT2D eigenvalue weighted by Gasteiger charge is -2.15. The second kappa shape index (κ2) is 7.83. The topological polar surface area (TPSA) is 123 Å². The van der Waals surface area contributed by atoms with Crippen molar-refractivity contribution in [2.24, 2.45) is 0 Å². The van der Waals surface area contributed by atoms with Crippen molar-refractivity contribution in [1.29, 1.82) is 10.5 Å². The SMILES string of the molecule is Cc1cc(C#N)cc(C)c1Nc1nc(Nc2ccc(C#N)cc2)nc(N)c1Cl. The number of benzene rings is 2. The molecule has 7 nitrogen and oxygen atoms in total. The molecule has 0 bridgehead atoms. The third kappa shape index (κ3) is 3.96. The minimum Gasteiger partial charge on any atom is -0.382 e. The molecule has 0 unspecified atom stereocenters. The molecule has 0 aliphatic carbocycles. The first-order chi connectivity index (χ1) is 13.4. The van der Waals surface area contributed by atoms with Crippen LogP contribution in [0.1, 0.15) is 22.3 Å². The summed E-state index contributed by atoms with van der Waals surface area (Å²) in [5, 5.41) is 24.4. The number of hydrogen-bond donors (Lipinski definition) is 3. The van der Waals surface area contributed by atoms with Crippen LogP contribution in [0.4, 0.5) is 29.0 Å². The van der Waals surface area contributed by atoms with Crippen LogP contribution >= 0.6 is 11.6 Å². The van der Waals surface area contributed by atoms with Crippen LogP contribution in [0.3, 0.4) is 0 Å². The summed E-state index contributed by atoms with van der Waals surface area (Å²) in [6.07, 6.45) is 0. The highest BCUT2D eigenvalue weighted by Crippen LogP contribution is 2.32. The van der Waals surface area contributed by atoms with Crippen LogP contribution in [0, 0.1) is 36.5 Å². The van der Waals surface area contributed by atoms with Crippen LogP contribution in [0.2, 0.25) is 5.02 Å². The fourth-order valence-electron chi connectivity index (χ4n) is 2.70. The molecule has 0 spiro atoms. The van der Waals surface area contributed by atoms with Crippen LogP contribution < -0.4 is 16.4 Å². The van der Waals surface area contributed by atoms with Crippen molar-refractivity contribution in [2.45, 2.75) is 13.8 Å². The number of nitriles is 2. The Morgan fingerprint density at radius 1 is 0.929 bits per heavy atom. The lowest BCUT2D eigenvalue weighted by Crippen LogP contribution is -2.06. The predicted octanol–water partition coefficient (Wildman–Crippen LogP) is 4.56. The molecule has 0 saturated carbocycles. The van der Waals surface area contributed by atoms with Gasteiger partial charge in [0.25, 0.3) is 0 Å². The van der Waals surface area contributed by atoms with Gasteiger partial charge in [-0.2, -0.15) is 20.5 Å². The number of nitrogens with two attached hydrogens (primary N) is 1. The zero-order chi connectivity index (χ0) is 20.3. The Hall–Kier alpha value is -3.81. The Balaban J connectivity index is 1.94. The monoisotopic (exact) mass is 389 g/mol. The Bertz CT molecular complexity index is 1100. The maximum absolute atomic E-state index is 9.10. The summed E-state index contributed by atoms with van der Waals surface area (Å²) in [6.45, 7) is 3.79. The van der Waals surface area contributed by atoms with Crippen LogP contribution in [-0.2, 0) is 0 Å². The maximum Gasteiger partial charge on any atom is 0.231 e. The van der Waals surface area contributed by atoms with Gasteiger partial charge in [0, 0.05) is 11.4 Å². The first-order valence-electron chi connectivity index (χ1n) is 8.30. The summed E-state index contributed by atoms with van der Waals surface area (Å²) < 4.78 is 0. The van der Waals surface area contributed by atoms with E-state index in [2.05, 4.69) is 32.7 Å². The molecule has 0 radical (unpaired) electrons. The molecule has 2 aromatic carbocycles. The number of rotatable bonds is 4. The smallest absolute Gasteiger partial charge is 0.231 e. The average molecular weight is 390 g/mol. The lowest BCUT2D eigenvalue weighted by molar-refractivity contribution is 1.17. The molecule has 0 fully saturated rings.